The Bertz CT molecular complexity index is 632. The molecule has 128 valence electrons. The van der Waals surface area contributed by atoms with Gasteiger partial charge in [0.25, 0.3) is 0 Å². The topological polar surface area (TPSA) is 9.23 Å². The van der Waals surface area contributed by atoms with Gasteiger partial charge >= 0.3 is 0 Å². The first-order valence-electron chi connectivity index (χ1n) is 9.07. The van der Waals surface area contributed by atoms with E-state index in [1.54, 1.807) is 0 Å². The van der Waals surface area contributed by atoms with E-state index < -0.39 is 0 Å². The molecule has 0 aromatic heterocycles. The van der Waals surface area contributed by atoms with Crippen LogP contribution in [0, 0.1) is 5.92 Å². The fourth-order valence-corrected chi connectivity index (χ4v) is 4.16. The van der Waals surface area contributed by atoms with Crippen LogP contribution in [0.3, 0.4) is 0 Å². The van der Waals surface area contributed by atoms with E-state index >= 15 is 0 Å². The summed E-state index contributed by atoms with van der Waals surface area (Å²) in [5.74, 6) is 0.535. The normalized spacial score (nSPS) is 27.8. The van der Waals surface area contributed by atoms with Crippen LogP contribution >= 0.6 is 0 Å². The largest absolute Gasteiger partial charge is 0.365 e. The van der Waals surface area contributed by atoms with Crippen LogP contribution in [0.15, 0.2) is 60.7 Å². The van der Waals surface area contributed by atoms with E-state index in [0.717, 1.165) is 17.3 Å². The Kier molecular flexibility index (Phi) is 5.07. The Labute approximate surface area is 146 Å². The highest BCUT2D eigenvalue weighted by Gasteiger charge is 2.45. The molecule has 0 aliphatic carbocycles. The van der Waals surface area contributed by atoms with Crippen molar-refractivity contribution in [3.8, 4) is 0 Å². The molecule has 0 N–H and O–H groups in total. The molecule has 0 spiro atoms. The van der Waals surface area contributed by atoms with E-state index in [4.69, 9.17) is 4.74 Å². The number of rotatable bonds is 4. The SMILES string of the molecule is CC[C@@H]1[C@H]([N+](C)(C)C)C[C@@H](c2ccccc2)O[C@H]1c1ccccc1. The van der Waals surface area contributed by atoms with E-state index in [-0.39, 0.29) is 12.2 Å². The molecule has 2 nitrogen and oxygen atoms in total. The van der Waals surface area contributed by atoms with Gasteiger partial charge in [-0.1, -0.05) is 67.6 Å². The van der Waals surface area contributed by atoms with E-state index in [1.165, 1.54) is 11.1 Å². The van der Waals surface area contributed by atoms with Crippen molar-refractivity contribution >= 4 is 0 Å². The zero-order chi connectivity index (χ0) is 17.2. The minimum absolute atomic E-state index is 0.164. The smallest absolute Gasteiger partial charge is 0.0969 e. The van der Waals surface area contributed by atoms with Gasteiger partial charge in [-0.25, -0.2) is 0 Å². The Balaban J connectivity index is 1.99. The molecule has 2 aromatic rings. The van der Waals surface area contributed by atoms with Gasteiger partial charge in [-0.15, -0.1) is 0 Å². The van der Waals surface area contributed by atoms with Gasteiger partial charge in [0.2, 0.25) is 0 Å². The van der Waals surface area contributed by atoms with Crippen molar-refractivity contribution in [3.63, 3.8) is 0 Å². The molecule has 1 heterocycles. The predicted molar refractivity (Wildman–Crippen MR) is 99.7 cm³/mol. The third-order valence-corrected chi connectivity index (χ3v) is 5.42. The van der Waals surface area contributed by atoms with E-state index in [2.05, 4.69) is 88.7 Å². The molecule has 24 heavy (non-hydrogen) atoms. The first-order valence-corrected chi connectivity index (χ1v) is 9.07. The zero-order valence-corrected chi connectivity index (χ0v) is 15.4. The Morgan fingerprint density at radius 1 is 0.875 bits per heavy atom. The predicted octanol–water partition coefficient (Wildman–Crippen LogP) is 4.99. The highest BCUT2D eigenvalue weighted by atomic mass is 16.5. The van der Waals surface area contributed by atoms with Crippen molar-refractivity contribution < 1.29 is 9.22 Å². The fourth-order valence-electron chi connectivity index (χ4n) is 4.16. The second kappa shape index (κ2) is 7.08. The molecular weight excluding hydrogens is 294 g/mol. The van der Waals surface area contributed by atoms with Gasteiger partial charge in [-0.2, -0.15) is 0 Å². The van der Waals surface area contributed by atoms with Gasteiger partial charge in [-0.3, -0.25) is 0 Å². The van der Waals surface area contributed by atoms with Gasteiger partial charge < -0.3 is 9.22 Å². The summed E-state index contributed by atoms with van der Waals surface area (Å²) >= 11 is 0. The third-order valence-electron chi connectivity index (χ3n) is 5.42. The van der Waals surface area contributed by atoms with Crippen molar-refractivity contribution in [2.45, 2.75) is 38.0 Å². The minimum Gasteiger partial charge on any atom is -0.365 e. The lowest BCUT2D eigenvalue weighted by molar-refractivity contribution is -0.903. The summed E-state index contributed by atoms with van der Waals surface area (Å²) in [6.07, 6.45) is 2.55. The average molecular weight is 324 g/mol. The van der Waals surface area contributed by atoms with Crippen molar-refractivity contribution in [1.29, 1.82) is 0 Å². The maximum Gasteiger partial charge on any atom is 0.0969 e. The first-order chi connectivity index (χ1) is 11.5. The van der Waals surface area contributed by atoms with Crippen LogP contribution in [-0.4, -0.2) is 31.7 Å². The Hall–Kier alpha value is -1.64. The minimum atomic E-state index is 0.164. The maximum atomic E-state index is 6.68. The summed E-state index contributed by atoms with van der Waals surface area (Å²) in [4.78, 5) is 0. The summed E-state index contributed by atoms with van der Waals surface area (Å²) < 4.78 is 7.66. The lowest BCUT2D eigenvalue weighted by Crippen LogP contribution is -2.54. The zero-order valence-electron chi connectivity index (χ0n) is 15.4. The summed E-state index contributed by atoms with van der Waals surface area (Å²) in [6, 6.07) is 22.0. The van der Waals surface area contributed by atoms with Crippen molar-refractivity contribution in [1.82, 2.24) is 0 Å². The molecule has 1 fully saturated rings. The Morgan fingerprint density at radius 3 is 1.92 bits per heavy atom. The van der Waals surface area contributed by atoms with Crippen molar-refractivity contribution in [2.75, 3.05) is 21.1 Å². The average Bonchev–Trinajstić information content (AvgIpc) is 2.61. The number of benzene rings is 2. The monoisotopic (exact) mass is 324 g/mol. The molecule has 0 saturated carbocycles. The second-order valence-electron chi connectivity index (χ2n) is 7.86. The highest BCUT2D eigenvalue weighted by molar-refractivity contribution is 5.22. The Morgan fingerprint density at radius 2 is 1.42 bits per heavy atom. The van der Waals surface area contributed by atoms with Crippen LogP contribution in [0.5, 0.6) is 0 Å². The lowest BCUT2D eigenvalue weighted by atomic mass is 9.79. The van der Waals surface area contributed by atoms with Crippen LogP contribution in [0.1, 0.15) is 43.1 Å². The molecular formula is C22H30NO+. The van der Waals surface area contributed by atoms with E-state index in [0.29, 0.717) is 12.0 Å². The van der Waals surface area contributed by atoms with Gasteiger partial charge in [0.1, 0.15) is 0 Å². The quantitative estimate of drug-likeness (QED) is 0.720. The molecule has 0 amide bonds. The van der Waals surface area contributed by atoms with Crippen LogP contribution < -0.4 is 0 Å². The van der Waals surface area contributed by atoms with E-state index in [1.807, 2.05) is 0 Å². The second-order valence-corrected chi connectivity index (χ2v) is 7.86. The molecule has 1 aliphatic heterocycles. The molecule has 0 radical (unpaired) electrons. The standard InChI is InChI=1S/C22H30NO/c1-5-19-20(23(2,3)4)16-21(17-12-8-6-9-13-17)24-22(19)18-14-10-7-11-15-18/h6-15,19-22H,5,16H2,1-4H3/q+1/t19-,20-,21+,22+/m1/s1. The molecule has 1 saturated heterocycles. The van der Waals surface area contributed by atoms with Crippen LogP contribution in [0.2, 0.25) is 0 Å². The van der Waals surface area contributed by atoms with Gasteiger partial charge in [0.15, 0.2) is 0 Å². The third kappa shape index (κ3) is 3.55. The van der Waals surface area contributed by atoms with Crippen molar-refractivity contribution in [3.05, 3.63) is 71.8 Å². The fraction of sp³-hybridized carbons (Fsp3) is 0.455. The van der Waals surface area contributed by atoms with Gasteiger partial charge in [0.05, 0.1) is 39.4 Å². The summed E-state index contributed by atoms with van der Waals surface area (Å²) in [7, 11) is 6.97. The van der Waals surface area contributed by atoms with Crippen LogP contribution in [0.4, 0.5) is 0 Å². The molecule has 4 atom stereocenters. The summed E-state index contributed by atoms with van der Waals surface area (Å²) in [5.41, 5.74) is 2.61. The highest BCUT2D eigenvalue weighted by Crippen LogP contribution is 2.46. The number of hydrogen-bond acceptors (Lipinski definition) is 1. The molecule has 2 aromatic carbocycles. The molecule has 3 rings (SSSR count). The lowest BCUT2D eigenvalue weighted by Gasteiger charge is -2.48. The van der Waals surface area contributed by atoms with Crippen molar-refractivity contribution in [2.24, 2.45) is 5.92 Å². The molecule has 1 aliphatic rings. The number of quaternary nitrogens is 1. The first kappa shape index (κ1) is 17.2. The number of nitrogens with zero attached hydrogens (tertiary/aromatic N) is 1. The maximum absolute atomic E-state index is 6.68. The number of ether oxygens (including phenoxy) is 1. The molecule has 2 heteroatoms. The summed E-state index contributed by atoms with van der Waals surface area (Å²) in [5, 5.41) is 0. The molecule has 0 bridgehead atoms. The van der Waals surface area contributed by atoms with Crippen LogP contribution in [-0.2, 0) is 4.74 Å². The van der Waals surface area contributed by atoms with Gasteiger partial charge in [0, 0.05) is 12.3 Å². The summed E-state index contributed by atoms with van der Waals surface area (Å²) in [6.45, 7) is 2.30. The van der Waals surface area contributed by atoms with Gasteiger partial charge in [-0.05, 0) is 17.5 Å². The molecule has 0 unspecified atom stereocenters. The number of hydrogen-bond donors (Lipinski definition) is 0. The van der Waals surface area contributed by atoms with Crippen LogP contribution in [0.25, 0.3) is 0 Å². The van der Waals surface area contributed by atoms with E-state index in [9.17, 15) is 0 Å².